The molecule has 3 N–H and O–H groups in total. The van der Waals surface area contributed by atoms with Crippen LogP contribution in [-0.4, -0.2) is 13.0 Å². The topological polar surface area (TPSA) is 64.3 Å². The third-order valence-corrected chi connectivity index (χ3v) is 2.89. The average Bonchev–Trinajstić information content (AvgIpc) is 2.47. The molecule has 0 aromatic heterocycles. The zero-order valence-electron chi connectivity index (χ0n) is 11.0. The molecule has 1 amide bonds. The van der Waals surface area contributed by atoms with Gasteiger partial charge in [-0.3, -0.25) is 4.79 Å². The molecule has 0 aliphatic heterocycles. The highest BCUT2D eigenvalue weighted by Crippen LogP contribution is 2.17. The summed E-state index contributed by atoms with van der Waals surface area (Å²) in [6.45, 7) is 0.300. The third-order valence-electron chi connectivity index (χ3n) is 2.89. The Bertz CT molecular complexity index is 629. The molecule has 2 aromatic rings. The number of nitrogens with two attached hydrogens (primary N) is 1. The molecule has 0 saturated carbocycles. The summed E-state index contributed by atoms with van der Waals surface area (Å²) >= 11 is 0. The zero-order chi connectivity index (χ0) is 14.5. The van der Waals surface area contributed by atoms with Crippen LogP contribution >= 0.6 is 0 Å². The predicted molar refractivity (Wildman–Crippen MR) is 75.0 cm³/mol. The Kier molecular flexibility index (Phi) is 4.20. The summed E-state index contributed by atoms with van der Waals surface area (Å²) in [5.41, 5.74) is 6.46. The molecule has 0 spiro atoms. The number of halogens is 1. The van der Waals surface area contributed by atoms with Crippen molar-refractivity contribution in [1.82, 2.24) is 5.32 Å². The van der Waals surface area contributed by atoms with E-state index in [2.05, 4.69) is 5.32 Å². The number of hydrogen-bond donors (Lipinski definition) is 2. The van der Waals surface area contributed by atoms with E-state index < -0.39 is 5.82 Å². The van der Waals surface area contributed by atoms with Crippen LogP contribution in [0.2, 0.25) is 0 Å². The minimum absolute atomic E-state index is 0.0197. The van der Waals surface area contributed by atoms with Crippen molar-refractivity contribution in [3.05, 3.63) is 59.4 Å². The Balaban J connectivity index is 2.06. The van der Waals surface area contributed by atoms with Gasteiger partial charge in [0.15, 0.2) is 0 Å². The van der Waals surface area contributed by atoms with E-state index in [-0.39, 0.29) is 17.2 Å². The fraction of sp³-hybridized carbons (Fsp3) is 0.133. The van der Waals surface area contributed by atoms with Crippen LogP contribution in [0, 0.1) is 5.82 Å². The van der Waals surface area contributed by atoms with Gasteiger partial charge in [-0.05, 0) is 24.3 Å². The summed E-state index contributed by atoms with van der Waals surface area (Å²) in [4.78, 5) is 11.9. The number of benzene rings is 2. The van der Waals surface area contributed by atoms with Crippen molar-refractivity contribution in [2.75, 3.05) is 12.8 Å². The van der Waals surface area contributed by atoms with E-state index in [4.69, 9.17) is 10.5 Å². The van der Waals surface area contributed by atoms with Gasteiger partial charge >= 0.3 is 0 Å². The molecule has 0 radical (unpaired) electrons. The number of rotatable bonds is 4. The molecule has 0 aliphatic carbocycles. The first-order chi connectivity index (χ1) is 9.61. The molecule has 20 heavy (non-hydrogen) atoms. The number of hydrogen-bond acceptors (Lipinski definition) is 3. The summed E-state index contributed by atoms with van der Waals surface area (Å²) in [5.74, 6) is -0.277. The maximum atomic E-state index is 13.3. The van der Waals surface area contributed by atoms with E-state index >= 15 is 0 Å². The lowest BCUT2D eigenvalue weighted by Gasteiger charge is -2.09. The van der Waals surface area contributed by atoms with Gasteiger partial charge < -0.3 is 15.8 Å². The minimum Gasteiger partial charge on any atom is -0.496 e. The number of ether oxygens (including phenoxy) is 1. The minimum atomic E-state index is -0.602. The highest BCUT2D eigenvalue weighted by atomic mass is 19.1. The van der Waals surface area contributed by atoms with Crippen LogP contribution in [-0.2, 0) is 6.54 Å². The van der Waals surface area contributed by atoms with Crippen LogP contribution < -0.4 is 15.8 Å². The van der Waals surface area contributed by atoms with Crippen LogP contribution in [0.1, 0.15) is 15.9 Å². The molecule has 104 valence electrons. The maximum Gasteiger partial charge on any atom is 0.251 e. The van der Waals surface area contributed by atoms with E-state index in [1.165, 1.54) is 12.1 Å². The highest BCUT2D eigenvalue weighted by molar-refractivity contribution is 5.94. The second-order valence-electron chi connectivity index (χ2n) is 4.23. The molecule has 0 aliphatic rings. The molecule has 2 rings (SSSR count). The summed E-state index contributed by atoms with van der Waals surface area (Å²) in [7, 11) is 1.57. The van der Waals surface area contributed by atoms with Crippen molar-refractivity contribution in [2.24, 2.45) is 0 Å². The van der Waals surface area contributed by atoms with Crippen molar-refractivity contribution < 1.29 is 13.9 Å². The lowest BCUT2D eigenvalue weighted by atomic mass is 10.1. The van der Waals surface area contributed by atoms with Gasteiger partial charge in [-0.15, -0.1) is 0 Å². The average molecular weight is 274 g/mol. The lowest BCUT2D eigenvalue weighted by Crippen LogP contribution is -2.23. The first-order valence-electron chi connectivity index (χ1n) is 6.07. The van der Waals surface area contributed by atoms with Crippen molar-refractivity contribution in [3.63, 3.8) is 0 Å². The summed E-state index contributed by atoms with van der Waals surface area (Å²) in [6, 6.07) is 11.3. The van der Waals surface area contributed by atoms with E-state index in [1.807, 2.05) is 24.3 Å². The van der Waals surface area contributed by atoms with Crippen molar-refractivity contribution in [1.29, 1.82) is 0 Å². The largest absolute Gasteiger partial charge is 0.496 e. The van der Waals surface area contributed by atoms with Gasteiger partial charge in [0, 0.05) is 17.7 Å². The molecule has 0 atom stereocenters. The number of para-hydroxylation sites is 1. The van der Waals surface area contributed by atoms with Gasteiger partial charge in [0.2, 0.25) is 0 Å². The van der Waals surface area contributed by atoms with E-state index in [0.29, 0.717) is 12.3 Å². The molecule has 5 heteroatoms. The first-order valence-corrected chi connectivity index (χ1v) is 6.07. The summed E-state index contributed by atoms with van der Waals surface area (Å²) < 4.78 is 18.5. The number of carbonyl (C=O) groups is 1. The van der Waals surface area contributed by atoms with Crippen molar-refractivity contribution in [2.45, 2.75) is 6.54 Å². The van der Waals surface area contributed by atoms with Gasteiger partial charge in [-0.25, -0.2) is 4.39 Å². The fourth-order valence-corrected chi connectivity index (χ4v) is 1.79. The summed E-state index contributed by atoms with van der Waals surface area (Å²) in [6.07, 6.45) is 0. The van der Waals surface area contributed by atoms with E-state index in [9.17, 15) is 9.18 Å². The standard InChI is InChI=1S/C15H15FN2O2/c1-20-14-5-3-2-4-11(14)9-18-15(19)10-6-7-13(17)12(16)8-10/h2-8H,9,17H2,1H3,(H,18,19). The Morgan fingerprint density at radius 2 is 2.05 bits per heavy atom. The Labute approximate surface area is 116 Å². The Hall–Kier alpha value is -2.56. The van der Waals surface area contributed by atoms with Crippen molar-refractivity contribution >= 4 is 11.6 Å². The molecule has 0 saturated heterocycles. The smallest absolute Gasteiger partial charge is 0.251 e. The number of nitrogens with one attached hydrogen (secondary N) is 1. The number of amides is 1. The number of carbonyl (C=O) groups excluding carboxylic acids is 1. The van der Waals surface area contributed by atoms with Crippen LogP contribution in [0.4, 0.5) is 10.1 Å². The molecular formula is C15H15FN2O2. The lowest BCUT2D eigenvalue weighted by molar-refractivity contribution is 0.0950. The quantitative estimate of drug-likeness (QED) is 0.841. The highest BCUT2D eigenvalue weighted by Gasteiger charge is 2.09. The van der Waals surface area contributed by atoms with Gasteiger partial charge in [0.05, 0.1) is 12.8 Å². The Morgan fingerprint density at radius 3 is 2.75 bits per heavy atom. The number of methoxy groups -OCH3 is 1. The van der Waals surface area contributed by atoms with Crippen LogP contribution in [0.5, 0.6) is 5.75 Å². The molecular weight excluding hydrogens is 259 g/mol. The van der Waals surface area contributed by atoms with E-state index in [0.717, 1.165) is 11.6 Å². The Morgan fingerprint density at radius 1 is 1.30 bits per heavy atom. The maximum absolute atomic E-state index is 13.3. The second kappa shape index (κ2) is 6.06. The molecule has 0 bridgehead atoms. The molecule has 4 nitrogen and oxygen atoms in total. The third kappa shape index (κ3) is 3.06. The molecule has 0 fully saturated rings. The van der Waals surface area contributed by atoms with Gasteiger partial charge in [0.25, 0.3) is 5.91 Å². The van der Waals surface area contributed by atoms with Crippen molar-refractivity contribution in [3.8, 4) is 5.75 Å². The monoisotopic (exact) mass is 274 g/mol. The molecule has 0 heterocycles. The number of nitrogen functional groups attached to an aromatic ring is 1. The fourth-order valence-electron chi connectivity index (χ4n) is 1.79. The predicted octanol–water partition coefficient (Wildman–Crippen LogP) is 2.35. The summed E-state index contributed by atoms with van der Waals surface area (Å²) in [5, 5.41) is 2.71. The second-order valence-corrected chi connectivity index (χ2v) is 4.23. The van der Waals surface area contributed by atoms with Crippen LogP contribution in [0.25, 0.3) is 0 Å². The van der Waals surface area contributed by atoms with Crippen LogP contribution in [0.15, 0.2) is 42.5 Å². The SMILES string of the molecule is COc1ccccc1CNC(=O)c1ccc(N)c(F)c1. The van der Waals surface area contributed by atoms with Gasteiger partial charge in [0.1, 0.15) is 11.6 Å². The van der Waals surface area contributed by atoms with Gasteiger partial charge in [-0.2, -0.15) is 0 Å². The zero-order valence-corrected chi connectivity index (χ0v) is 11.0. The van der Waals surface area contributed by atoms with Gasteiger partial charge in [-0.1, -0.05) is 18.2 Å². The normalized spacial score (nSPS) is 10.1. The van der Waals surface area contributed by atoms with E-state index in [1.54, 1.807) is 7.11 Å². The molecule has 0 unspecified atom stereocenters. The number of anilines is 1. The first kappa shape index (κ1) is 13.9. The molecule has 2 aromatic carbocycles. The van der Waals surface area contributed by atoms with Crippen LogP contribution in [0.3, 0.4) is 0 Å².